The number of phosphoric acid groups is 1. The SMILES string of the molecule is CC(C)(C)c1ccc(OP(=O)(O)Oc2cccc(C[n+]3ccsc3)c2)cc1. The van der Waals surface area contributed by atoms with Crippen LogP contribution >= 0.6 is 19.2 Å². The first kappa shape index (κ1) is 19.6. The van der Waals surface area contributed by atoms with Crippen molar-refractivity contribution in [2.24, 2.45) is 0 Å². The largest absolute Gasteiger partial charge is 0.584 e. The molecule has 142 valence electrons. The molecule has 0 aliphatic heterocycles. The molecule has 2 aromatic carbocycles. The Morgan fingerprint density at radius 2 is 1.78 bits per heavy atom. The van der Waals surface area contributed by atoms with Crippen LogP contribution in [-0.2, 0) is 16.5 Å². The summed E-state index contributed by atoms with van der Waals surface area (Å²) in [6.07, 6.45) is 1.97. The first-order valence-electron chi connectivity index (χ1n) is 8.54. The molecule has 3 rings (SSSR count). The van der Waals surface area contributed by atoms with E-state index in [-0.39, 0.29) is 5.41 Å². The molecule has 0 bridgehead atoms. The van der Waals surface area contributed by atoms with Crippen LogP contribution in [0.3, 0.4) is 0 Å². The molecule has 1 unspecified atom stereocenters. The van der Waals surface area contributed by atoms with E-state index in [0.717, 1.165) is 11.1 Å². The summed E-state index contributed by atoms with van der Waals surface area (Å²) in [7, 11) is -4.29. The molecular formula is C20H23NO4PS+. The van der Waals surface area contributed by atoms with Gasteiger partial charge >= 0.3 is 7.82 Å². The minimum absolute atomic E-state index is 0.00115. The summed E-state index contributed by atoms with van der Waals surface area (Å²) in [6.45, 7) is 6.96. The highest BCUT2D eigenvalue weighted by molar-refractivity contribution is 7.48. The molecule has 0 fully saturated rings. The van der Waals surface area contributed by atoms with Gasteiger partial charge in [-0.05, 0) is 35.2 Å². The lowest BCUT2D eigenvalue weighted by atomic mass is 9.87. The van der Waals surface area contributed by atoms with Gasteiger partial charge in [-0.25, -0.2) is 4.57 Å². The number of rotatable bonds is 6. The van der Waals surface area contributed by atoms with Crippen LogP contribution in [0.25, 0.3) is 0 Å². The average molecular weight is 404 g/mol. The van der Waals surface area contributed by atoms with Crippen molar-refractivity contribution in [1.82, 2.24) is 0 Å². The van der Waals surface area contributed by atoms with Gasteiger partial charge in [0.2, 0.25) is 5.51 Å². The van der Waals surface area contributed by atoms with Crippen LogP contribution in [0.15, 0.2) is 65.6 Å². The molecule has 0 aliphatic carbocycles. The van der Waals surface area contributed by atoms with E-state index in [0.29, 0.717) is 18.0 Å². The van der Waals surface area contributed by atoms with Crippen molar-refractivity contribution in [2.75, 3.05) is 0 Å². The molecule has 0 radical (unpaired) electrons. The van der Waals surface area contributed by atoms with Gasteiger partial charge in [-0.15, -0.1) is 0 Å². The van der Waals surface area contributed by atoms with Crippen molar-refractivity contribution in [3.8, 4) is 11.5 Å². The van der Waals surface area contributed by atoms with Crippen molar-refractivity contribution in [3.63, 3.8) is 0 Å². The van der Waals surface area contributed by atoms with Gasteiger partial charge in [0.1, 0.15) is 11.5 Å². The lowest BCUT2D eigenvalue weighted by molar-refractivity contribution is -0.683. The summed E-state index contributed by atoms with van der Waals surface area (Å²) in [6, 6.07) is 14.2. The van der Waals surface area contributed by atoms with Gasteiger partial charge in [0.25, 0.3) is 0 Å². The molecular weight excluding hydrogens is 381 g/mol. The fourth-order valence-electron chi connectivity index (χ4n) is 2.56. The molecule has 1 N–H and O–H groups in total. The average Bonchev–Trinajstić information content (AvgIpc) is 3.07. The maximum atomic E-state index is 12.4. The highest BCUT2D eigenvalue weighted by atomic mass is 32.1. The van der Waals surface area contributed by atoms with Crippen LogP contribution in [0.5, 0.6) is 11.5 Å². The maximum Gasteiger partial charge on any atom is 0.584 e. The van der Waals surface area contributed by atoms with Crippen LogP contribution < -0.4 is 13.6 Å². The standard InChI is InChI=1S/C20H22NO4PS/c1-20(2,3)17-7-9-18(10-8-17)24-26(22,23)25-19-6-4-5-16(13-19)14-21-11-12-27-15-21/h4-13,15H,14H2,1-3H3/p+1. The maximum absolute atomic E-state index is 12.4. The Bertz CT molecular complexity index is 933. The van der Waals surface area contributed by atoms with Crippen molar-refractivity contribution in [1.29, 1.82) is 0 Å². The lowest BCUT2D eigenvalue weighted by Gasteiger charge is -2.19. The molecule has 1 aromatic heterocycles. The lowest BCUT2D eigenvalue weighted by Crippen LogP contribution is -2.30. The van der Waals surface area contributed by atoms with Crippen LogP contribution in [0.1, 0.15) is 31.9 Å². The summed E-state index contributed by atoms with van der Waals surface area (Å²) in [5.74, 6) is 0.583. The molecule has 7 heteroatoms. The fourth-order valence-corrected chi connectivity index (χ4v) is 3.97. The monoisotopic (exact) mass is 404 g/mol. The molecule has 5 nitrogen and oxygen atoms in total. The second-order valence-electron chi connectivity index (χ2n) is 7.27. The third-order valence-corrected chi connectivity index (χ3v) is 5.51. The van der Waals surface area contributed by atoms with E-state index in [4.69, 9.17) is 9.05 Å². The van der Waals surface area contributed by atoms with E-state index in [2.05, 4.69) is 20.8 Å². The van der Waals surface area contributed by atoms with Crippen LogP contribution in [-0.4, -0.2) is 4.89 Å². The van der Waals surface area contributed by atoms with Crippen LogP contribution in [0.4, 0.5) is 0 Å². The van der Waals surface area contributed by atoms with Gasteiger partial charge in [-0.3, -0.25) is 4.89 Å². The zero-order valence-corrected chi connectivity index (χ0v) is 17.2. The Hall–Kier alpha value is -2.14. The number of benzene rings is 2. The molecule has 27 heavy (non-hydrogen) atoms. The minimum atomic E-state index is -4.29. The van der Waals surface area contributed by atoms with Gasteiger partial charge in [-0.1, -0.05) is 56.4 Å². The highest BCUT2D eigenvalue weighted by Crippen LogP contribution is 2.44. The van der Waals surface area contributed by atoms with Gasteiger partial charge in [0.15, 0.2) is 12.7 Å². The third kappa shape index (κ3) is 5.67. The molecule has 0 aliphatic rings. The zero-order valence-electron chi connectivity index (χ0n) is 15.5. The Morgan fingerprint density at radius 1 is 1.07 bits per heavy atom. The summed E-state index contributed by atoms with van der Waals surface area (Å²) >= 11 is 1.60. The van der Waals surface area contributed by atoms with Gasteiger partial charge in [0, 0.05) is 5.56 Å². The number of thiazole rings is 1. The Labute approximate surface area is 163 Å². The van der Waals surface area contributed by atoms with Gasteiger partial charge in [0.05, 0.1) is 5.38 Å². The molecule has 3 aromatic rings. The molecule has 1 heterocycles. The van der Waals surface area contributed by atoms with Crippen LogP contribution in [0.2, 0.25) is 0 Å². The predicted molar refractivity (Wildman–Crippen MR) is 106 cm³/mol. The first-order valence-corrected chi connectivity index (χ1v) is 11.0. The molecule has 0 amide bonds. The van der Waals surface area contributed by atoms with E-state index in [1.807, 2.05) is 39.9 Å². The molecule has 1 atom stereocenters. The molecule has 0 saturated carbocycles. The number of hydrogen-bond acceptors (Lipinski definition) is 4. The minimum Gasteiger partial charge on any atom is -0.395 e. The summed E-state index contributed by atoms with van der Waals surface area (Å²) in [5, 5.41) is 1.99. The second-order valence-corrected chi connectivity index (χ2v) is 9.33. The summed E-state index contributed by atoms with van der Waals surface area (Å²) < 4.78 is 24.8. The molecule has 0 saturated heterocycles. The zero-order chi connectivity index (χ0) is 19.5. The van der Waals surface area contributed by atoms with Crippen molar-refractivity contribution >= 4 is 19.2 Å². The quantitative estimate of drug-likeness (QED) is 0.467. The predicted octanol–water partition coefficient (Wildman–Crippen LogP) is 4.94. The highest BCUT2D eigenvalue weighted by Gasteiger charge is 2.25. The van der Waals surface area contributed by atoms with E-state index in [1.54, 1.807) is 41.7 Å². The summed E-state index contributed by atoms with van der Waals surface area (Å²) in [4.78, 5) is 10.1. The van der Waals surface area contributed by atoms with Crippen molar-refractivity contribution in [3.05, 3.63) is 76.7 Å². The van der Waals surface area contributed by atoms with E-state index >= 15 is 0 Å². The number of hydrogen-bond donors (Lipinski definition) is 1. The number of nitrogens with zero attached hydrogens (tertiary/aromatic N) is 1. The Kier molecular flexibility index (Phi) is 5.70. The number of aromatic nitrogens is 1. The topological polar surface area (TPSA) is 59.6 Å². The van der Waals surface area contributed by atoms with Crippen LogP contribution in [0, 0.1) is 0 Å². The van der Waals surface area contributed by atoms with E-state index in [9.17, 15) is 9.46 Å². The van der Waals surface area contributed by atoms with E-state index < -0.39 is 7.82 Å². The van der Waals surface area contributed by atoms with Gasteiger partial charge < -0.3 is 9.05 Å². The van der Waals surface area contributed by atoms with Crippen molar-refractivity contribution in [2.45, 2.75) is 32.7 Å². The normalized spacial score (nSPS) is 13.8. The van der Waals surface area contributed by atoms with E-state index in [1.165, 1.54) is 0 Å². The second kappa shape index (κ2) is 7.85. The Balaban J connectivity index is 1.68. The molecule has 0 spiro atoms. The third-order valence-electron chi connectivity index (χ3n) is 3.95. The number of phosphoric ester groups is 1. The Morgan fingerprint density at radius 3 is 2.41 bits per heavy atom. The first-order chi connectivity index (χ1) is 12.7. The van der Waals surface area contributed by atoms with Crippen molar-refractivity contribution < 1.29 is 23.1 Å². The van der Waals surface area contributed by atoms with Gasteiger partial charge in [-0.2, -0.15) is 4.57 Å². The smallest absolute Gasteiger partial charge is 0.395 e. The summed E-state index contributed by atoms with van der Waals surface area (Å²) in [5.41, 5.74) is 4.07. The fraction of sp³-hybridized carbons (Fsp3) is 0.250.